The second kappa shape index (κ2) is 6.85. The number of carbonyl (C=O) groups excluding carboxylic acids is 1. The minimum Gasteiger partial charge on any atom is -0.478 e. The predicted molar refractivity (Wildman–Crippen MR) is 91.1 cm³/mol. The maximum absolute atomic E-state index is 11.3. The lowest BCUT2D eigenvalue weighted by Crippen LogP contribution is -2.50. The van der Waals surface area contributed by atoms with E-state index in [-0.39, 0.29) is 5.91 Å². The quantitative estimate of drug-likeness (QED) is 0.721. The summed E-state index contributed by atoms with van der Waals surface area (Å²) < 4.78 is 0. The Morgan fingerprint density at radius 3 is 2.77 bits per heavy atom. The topological polar surface area (TPSA) is 78.4 Å². The number of hydrogen-bond donors (Lipinski definition) is 3. The summed E-state index contributed by atoms with van der Waals surface area (Å²) >= 11 is 2.97. The molecule has 0 bridgehead atoms. The van der Waals surface area contributed by atoms with Gasteiger partial charge in [0, 0.05) is 23.6 Å². The van der Waals surface area contributed by atoms with E-state index in [4.69, 9.17) is 5.11 Å². The average molecular weight is 336 g/mol. The molecule has 2 rings (SSSR count). The fourth-order valence-corrected chi connectivity index (χ4v) is 3.43. The molecule has 0 saturated heterocycles. The lowest BCUT2D eigenvalue weighted by atomic mass is 10.2. The molecule has 0 aliphatic carbocycles. The van der Waals surface area contributed by atoms with Gasteiger partial charge >= 0.3 is 5.97 Å². The highest BCUT2D eigenvalue weighted by molar-refractivity contribution is 8.03. The van der Waals surface area contributed by atoms with Gasteiger partial charge in [-0.2, -0.15) is 0 Å². The molecule has 1 amide bonds. The van der Waals surface area contributed by atoms with Gasteiger partial charge in [0.05, 0.1) is 0 Å². The van der Waals surface area contributed by atoms with Crippen molar-refractivity contribution >= 4 is 47.1 Å². The predicted octanol–water partition coefficient (Wildman–Crippen LogP) is 2.85. The summed E-state index contributed by atoms with van der Waals surface area (Å²) in [6.45, 7) is 3.03. The van der Waals surface area contributed by atoms with Crippen LogP contribution in [0.5, 0.6) is 0 Å². The van der Waals surface area contributed by atoms with E-state index in [1.807, 2.05) is 29.0 Å². The zero-order valence-corrected chi connectivity index (χ0v) is 13.8. The van der Waals surface area contributed by atoms with Crippen molar-refractivity contribution in [2.75, 3.05) is 0 Å². The van der Waals surface area contributed by atoms with Gasteiger partial charge in [0.1, 0.15) is 0 Å². The first-order chi connectivity index (χ1) is 10.4. The van der Waals surface area contributed by atoms with Crippen LogP contribution in [0.1, 0.15) is 24.3 Å². The van der Waals surface area contributed by atoms with Gasteiger partial charge < -0.3 is 15.7 Å². The van der Waals surface area contributed by atoms with Crippen molar-refractivity contribution < 1.29 is 14.7 Å². The summed E-state index contributed by atoms with van der Waals surface area (Å²) in [5, 5.41) is 18.6. The van der Waals surface area contributed by atoms with Crippen LogP contribution in [-0.2, 0) is 9.59 Å². The number of thioether (sulfide) groups is 1. The summed E-state index contributed by atoms with van der Waals surface area (Å²) in [4.78, 5) is 22.4. The van der Waals surface area contributed by atoms with Crippen molar-refractivity contribution in [1.82, 2.24) is 10.6 Å². The molecule has 7 heteroatoms. The Balaban J connectivity index is 2.13. The van der Waals surface area contributed by atoms with Gasteiger partial charge in [0.15, 0.2) is 4.99 Å². The highest BCUT2D eigenvalue weighted by Crippen LogP contribution is 2.29. The van der Waals surface area contributed by atoms with Gasteiger partial charge in [0.25, 0.3) is 0 Å². The van der Waals surface area contributed by atoms with Crippen LogP contribution in [0.15, 0.2) is 34.7 Å². The van der Waals surface area contributed by atoms with E-state index < -0.39 is 11.0 Å². The molecule has 0 aromatic carbocycles. The highest BCUT2D eigenvalue weighted by atomic mass is 32.2. The van der Waals surface area contributed by atoms with Crippen LogP contribution in [0.3, 0.4) is 0 Å². The second-order valence-corrected chi connectivity index (χ2v) is 6.82. The van der Waals surface area contributed by atoms with Crippen molar-refractivity contribution in [3.8, 4) is 0 Å². The Morgan fingerprint density at radius 1 is 1.41 bits per heavy atom. The van der Waals surface area contributed by atoms with Gasteiger partial charge in [-0.1, -0.05) is 11.8 Å². The van der Waals surface area contributed by atoms with E-state index in [9.17, 15) is 9.59 Å². The molecule has 22 heavy (non-hydrogen) atoms. The van der Waals surface area contributed by atoms with Crippen molar-refractivity contribution in [3.05, 3.63) is 45.1 Å². The van der Waals surface area contributed by atoms with Crippen molar-refractivity contribution in [2.24, 2.45) is 0 Å². The Bertz CT molecular complexity index is 666. The van der Waals surface area contributed by atoms with Crippen LogP contribution in [0.25, 0.3) is 12.2 Å². The molecule has 0 fully saturated rings. The van der Waals surface area contributed by atoms with Crippen molar-refractivity contribution in [1.29, 1.82) is 0 Å². The number of carboxylic acids is 1. The summed E-state index contributed by atoms with van der Waals surface area (Å²) in [5.41, 5.74) is 1.14. The van der Waals surface area contributed by atoms with Gasteiger partial charge in [-0.05, 0) is 47.6 Å². The van der Waals surface area contributed by atoms with Crippen LogP contribution >= 0.6 is 23.1 Å². The van der Waals surface area contributed by atoms with E-state index in [1.54, 1.807) is 19.2 Å². The van der Waals surface area contributed by atoms with Gasteiger partial charge in [-0.3, -0.25) is 4.79 Å². The zero-order chi connectivity index (χ0) is 16.2. The summed E-state index contributed by atoms with van der Waals surface area (Å²) in [6.07, 6.45) is 7.19. The number of nitrogens with one attached hydrogen (secondary N) is 2. The first-order valence-electron chi connectivity index (χ1n) is 6.49. The van der Waals surface area contributed by atoms with E-state index >= 15 is 0 Å². The summed E-state index contributed by atoms with van der Waals surface area (Å²) in [5.74, 6) is -1.05. The minimum atomic E-state index is -0.925. The van der Waals surface area contributed by atoms with Crippen molar-refractivity contribution in [2.45, 2.75) is 18.8 Å². The van der Waals surface area contributed by atoms with Crippen LogP contribution < -0.4 is 10.6 Å². The van der Waals surface area contributed by atoms with E-state index in [0.29, 0.717) is 5.57 Å². The molecule has 1 aromatic rings. The molecule has 0 spiro atoms. The van der Waals surface area contributed by atoms with E-state index in [1.165, 1.54) is 30.0 Å². The molecule has 5 nitrogen and oxygen atoms in total. The fraction of sp³-hybridized carbons (Fsp3) is 0.200. The Labute approximate surface area is 136 Å². The fourth-order valence-electron chi connectivity index (χ4n) is 1.83. The molecule has 1 unspecified atom stereocenters. The number of aliphatic carboxylic acids is 1. The molecule has 1 aromatic heterocycles. The molecule has 116 valence electrons. The Morgan fingerprint density at radius 2 is 2.18 bits per heavy atom. The van der Waals surface area contributed by atoms with Gasteiger partial charge in [-0.15, -0.1) is 11.3 Å². The molecular formula is C15H16N2O3S2. The summed E-state index contributed by atoms with van der Waals surface area (Å²) in [6, 6.07) is 1.90. The second-order valence-electron chi connectivity index (χ2n) is 4.73. The number of carboxylic acid groups (broad SMARTS) is 1. The molecule has 1 atom stereocenters. The van der Waals surface area contributed by atoms with Gasteiger partial charge in [0.2, 0.25) is 5.91 Å². The average Bonchev–Trinajstić information content (AvgIpc) is 3.06. The Hall–Kier alpha value is -1.99. The lowest BCUT2D eigenvalue weighted by molar-refractivity contribution is -0.132. The number of carbonyl (C=O) groups is 2. The highest BCUT2D eigenvalue weighted by Gasteiger charge is 2.29. The van der Waals surface area contributed by atoms with E-state index in [0.717, 1.165) is 10.4 Å². The number of rotatable bonds is 5. The molecule has 2 heterocycles. The third-order valence-corrected chi connectivity index (χ3v) is 4.74. The first kappa shape index (κ1) is 16.4. The third kappa shape index (κ3) is 4.25. The molecule has 0 saturated carbocycles. The normalized spacial score (nSPS) is 21.1. The van der Waals surface area contributed by atoms with Crippen LogP contribution in [-0.4, -0.2) is 22.0 Å². The molecule has 3 N–H and O–H groups in total. The minimum absolute atomic E-state index is 0.125. The molecular weight excluding hydrogens is 320 g/mol. The van der Waals surface area contributed by atoms with E-state index in [2.05, 4.69) is 10.6 Å². The monoisotopic (exact) mass is 336 g/mol. The Kier molecular flexibility index (Phi) is 5.10. The maximum atomic E-state index is 11.3. The maximum Gasteiger partial charge on any atom is 0.331 e. The molecule has 0 radical (unpaired) electrons. The molecule has 1 aliphatic rings. The third-order valence-electron chi connectivity index (χ3n) is 2.82. The number of amides is 1. The lowest BCUT2D eigenvalue weighted by Gasteiger charge is -2.25. The number of thiophene rings is 1. The van der Waals surface area contributed by atoms with Crippen LogP contribution in [0.4, 0.5) is 0 Å². The van der Waals surface area contributed by atoms with Gasteiger partial charge in [-0.25, -0.2) is 4.79 Å². The molecule has 1 aliphatic heterocycles. The van der Waals surface area contributed by atoms with Crippen molar-refractivity contribution in [3.63, 3.8) is 0 Å². The van der Waals surface area contributed by atoms with Crippen LogP contribution in [0, 0.1) is 0 Å². The largest absolute Gasteiger partial charge is 0.478 e. The summed E-state index contributed by atoms with van der Waals surface area (Å²) in [7, 11) is 0. The number of hydrogen-bond acceptors (Lipinski definition) is 5. The van der Waals surface area contributed by atoms with Crippen LogP contribution in [0.2, 0.25) is 0 Å². The zero-order valence-electron chi connectivity index (χ0n) is 12.1. The first-order valence-corrected chi connectivity index (χ1v) is 8.25. The smallest absolute Gasteiger partial charge is 0.331 e. The SMILES string of the molecule is CC(=O)NC1(C=Cc2cc(C=C(C)C(=O)O)cs2)NC=CS1. The standard InChI is InChI=1S/C15H16N2O3S2/c1-10(14(19)20)7-12-8-13(21-9-12)3-4-15(17-11(2)18)16-5-6-22-15/h3-9,16H,1-2H3,(H,17,18)(H,19,20).